The molecular formula is C27H31N3O4. The highest BCUT2D eigenvalue weighted by Gasteiger charge is 2.39. The van der Waals surface area contributed by atoms with Gasteiger partial charge in [0.1, 0.15) is 18.4 Å². The van der Waals surface area contributed by atoms with Gasteiger partial charge in [-0.1, -0.05) is 36.9 Å². The van der Waals surface area contributed by atoms with Gasteiger partial charge in [-0.15, -0.1) is 0 Å². The van der Waals surface area contributed by atoms with E-state index in [1.165, 1.54) is 5.56 Å². The number of allylic oxidation sites excluding steroid dienone is 1. The monoisotopic (exact) mass is 461 g/mol. The molecule has 5 rings (SSSR count). The van der Waals surface area contributed by atoms with E-state index in [1.54, 1.807) is 4.90 Å². The number of nitrogens with one attached hydrogen (secondary N) is 1. The summed E-state index contributed by atoms with van der Waals surface area (Å²) in [6, 6.07) is 14.0. The molecule has 178 valence electrons. The Kier molecular flexibility index (Phi) is 6.39. The predicted molar refractivity (Wildman–Crippen MR) is 128 cm³/mol. The third-order valence-electron chi connectivity index (χ3n) is 7.10. The van der Waals surface area contributed by atoms with Crippen molar-refractivity contribution in [1.82, 2.24) is 15.1 Å². The van der Waals surface area contributed by atoms with Gasteiger partial charge in [0.25, 0.3) is 5.91 Å². The number of piperidine rings is 1. The Labute approximate surface area is 200 Å². The Bertz CT molecular complexity index is 1090. The smallest absolute Gasteiger partial charge is 0.255 e. The number of ether oxygens (including phenoxy) is 2. The summed E-state index contributed by atoms with van der Waals surface area (Å²) in [6.07, 6.45) is 1.27. The van der Waals surface area contributed by atoms with Crippen LogP contribution < -0.4 is 10.1 Å². The summed E-state index contributed by atoms with van der Waals surface area (Å²) in [7, 11) is 0. The summed E-state index contributed by atoms with van der Waals surface area (Å²) in [6.45, 7) is 10.3. The number of fused-ring (bicyclic) bond motifs is 1. The van der Waals surface area contributed by atoms with E-state index in [-0.39, 0.29) is 11.8 Å². The summed E-state index contributed by atoms with van der Waals surface area (Å²) in [4.78, 5) is 29.6. The van der Waals surface area contributed by atoms with Crippen LogP contribution in [0.25, 0.3) is 0 Å². The summed E-state index contributed by atoms with van der Waals surface area (Å²) >= 11 is 0. The number of nitrogens with zero attached hydrogens (tertiary/aromatic N) is 2. The topological polar surface area (TPSA) is 71.1 Å². The first-order valence-corrected chi connectivity index (χ1v) is 12.0. The maximum Gasteiger partial charge on any atom is 0.255 e. The molecule has 1 unspecified atom stereocenters. The summed E-state index contributed by atoms with van der Waals surface area (Å²) in [5.41, 5.74) is 4.52. The molecule has 2 atom stereocenters. The lowest BCUT2D eigenvalue weighted by atomic mass is 10.0. The van der Waals surface area contributed by atoms with Crippen LogP contribution in [-0.2, 0) is 22.7 Å². The van der Waals surface area contributed by atoms with Crippen molar-refractivity contribution < 1.29 is 19.1 Å². The second kappa shape index (κ2) is 9.60. The van der Waals surface area contributed by atoms with Crippen LogP contribution in [0.3, 0.4) is 0 Å². The molecule has 2 aromatic carbocycles. The number of hydrogen-bond acceptors (Lipinski definition) is 5. The van der Waals surface area contributed by atoms with E-state index >= 15 is 0 Å². The minimum absolute atomic E-state index is 0.116. The van der Waals surface area contributed by atoms with Crippen molar-refractivity contribution in [2.24, 2.45) is 0 Å². The van der Waals surface area contributed by atoms with Crippen LogP contribution >= 0.6 is 0 Å². The molecule has 0 radical (unpaired) electrons. The maximum absolute atomic E-state index is 13.0. The van der Waals surface area contributed by atoms with E-state index in [1.807, 2.05) is 18.2 Å². The Morgan fingerprint density at radius 2 is 1.91 bits per heavy atom. The van der Waals surface area contributed by atoms with Gasteiger partial charge in [-0.05, 0) is 43.0 Å². The second-order valence-electron chi connectivity index (χ2n) is 9.22. The minimum Gasteiger partial charge on any atom is -0.489 e. The molecule has 7 nitrogen and oxygen atoms in total. The van der Waals surface area contributed by atoms with Crippen molar-refractivity contribution >= 4 is 11.8 Å². The van der Waals surface area contributed by atoms with Gasteiger partial charge in [0.2, 0.25) is 5.91 Å². The third-order valence-corrected chi connectivity index (χ3v) is 7.10. The molecule has 3 aliphatic heterocycles. The van der Waals surface area contributed by atoms with Gasteiger partial charge in [-0.2, -0.15) is 0 Å². The Morgan fingerprint density at radius 3 is 2.65 bits per heavy atom. The molecule has 1 N–H and O–H groups in total. The van der Waals surface area contributed by atoms with Gasteiger partial charge in [0.05, 0.1) is 19.8 Å². The number of carbonyl (C=O) groups excluding carboxylic acids is 2. The van der Waals surface area contributed by atoms with Crippen LogP contribution in [0.4, 0.5) is 0 Å². The van der Waals surface area contributed by atoms with E-state index < -0.39 is 6.04 Å². The van der Waals surface area contributed by atoms with Crippen LogP contribution in [-0.4, -0.2) is 54.0 Å². The summed E-state index contributed by atoms with van der Waals surface area (Å²) in [5, 5.41) is 2.78. The molecule has 0 spiro atoms. The Morgan fingerprint density at radius 1 is 1.15 bits per heavy atom. The quantitative estimate of drug-likeness (QED) is 0.714. The number of amides is 2. The van der Waals surface area contributed by atoms with Crippen LogP contribution in [0.15, 0.2) is 54.7 Å². The maximum atomic E-state index is 13.0. The highest BCUT2D eigenvalue weighted by molar-refractivity contribution is 6.02. The van der Waals surface area contributed by atoms with Crippen molar-refractivity contribution in [3.05, 3.63) is 77.0 Å². The lowest BCUT2D eigenvalue weighted by Gasteiger charge is -2.32. The SMILES string of the molecule is C=C1CCC(N2Cc3c(OCc4ccc([C@@H](C)N5CCOCC5)cc4)cccc3C2=O)C(=O)N1. The predicted octanol–water partition coefficient (Wildman–Crippen LogP) is 3.41. The zero-order chi connectivity index (χ0) is 23.7. The molecule has 7 heteroatoms. The van der Waals surface area contributed by atoms with Crippen molar-refractivity contribution in [2.45, 2.75) is 45.0 Å². The molecule has 2 fully saturated rings. The van der Waals surface area contributed by atoms with E-state index in [9.17, 15) is 9.59 Å². The van der Waals surface area contributed by atoms with Crippen molar-refractivity contribution in [1.29, 1.82) is 0 Å². The molecule has 2 saturated heterocycles. The molecule has 3 heterocycles. The van der Waals surface area contributed by atoms with Crippen molar-refractivity contribution in [3.63, 3.8) is 0 Å². The standard InChI is InChI=1S/C27H31N3O4/c1-18-6-11-24(26(31)28-18)30-16-23-22(27(30)32)4-3-5-25(23)34-17-20-7-9-21(10-8-20)19(2)29-12-14-33-15-13-29/h3-5,7-10,19,24H,1,6,11-17H2,2H3,(H,28,31)/t19-,24?/m1/s1. The fourth-order valence-corrected chi connectivity index (χ4v) is 5.00. The average molecular weight is 462 g/mol. The molecule has 0 bridgehead atoms. The Balaban J connectivity index is 1.24. The number of rotatable bonds is 6. The van der Waals surface area contributed by atoms with Gasteiger partial charge < -0.3 is 19.7 Å². The third kappa shape index (κ3) is 4.45. The molecule has 34 heavy (non-hydrogen) atoms. The number of morpholine rings is 1. The van der Waals surface area contributed by atoms with Crippen LogP contribution in [0.5, 0.6) is 5.75 Å². The Hall–Kier alpha value is -3.16. The first-order valence-electron chi connectivity index (χ1n) is 12.0. The lowest BCUT2D eigenvalue weighted by molar-refractivity contribution is -0.126. The van der Waals surface area contributed by atoms with Gasteiger partial charge in [0, 0.05) is 36.0 Å². The van der Waals surface area contributed by atoms with Crippen molar-refractivity contribution in [3.8, 4) is 5.75 Å². The molecule has 3 aliphatic rings. The molecule has 2 aromatic rings. The van der Waals surface area contributed by atoms with E-state index in [0.29, 0.717) is 49.0 Å². The zero-order valence-corrected chi connectivity index (χ0v) is 19.6. The van der Waals surface area contributed by atoms with E-state index in [2.05, 4.69) is 48.0 Å². The van der Waals surface area contributed by atoms with Crippen molar-refractivity contribution in [2.75, 3.05) is 26.3 Å². The minimum atomic E-state index is -0.473. The van der Waals surface area contributed by atoms with Gasteiger partial charge in [-0.3, -0.25) is 14.5 Å². The lowest BCUT2D eigenvalue weighted by Crippen LogP contribution is -2.49. The largest absolute Gasteiger partial charge is 0.489 e. The van der Waals surface area contributed by atoms with Crippen LogP contribution in [0.2, 0.25) is 0 Å². The molecule has 0 saturated carbocycles. The van der Waals surface area contributed by atoms with Crippen LogP contribution in [0, 0.1) is 0 Å². The summed E-state index contributed by atoms with van der Waals surface area (Å²) < 4.78 is 11.6. The van der Waals surface area contributed by atoms with E-state index in [0.717, 1.165) is 37.4 Å². The first-order chi connectivity index (χ1) is 16.5. The highest BCUT2D eigenvalue weighted by Crippen LogP contribution is 2.34. The van der Waals surface area contributed by atoms with Gasteiger partial charge in [-0.25, -0.2) is 0 Å². The average Bonchev–Trinajstić information content (AvgIpc) is 3.20. The number of hydrogen-bond donors (Lipinski definition) is 1. The van der Waals surface area contributed by atoms with Gasteiger partial charge in [0.15, 0.2) is 0 Å². The van der Waals surface area contributed by atoms with Crippen LogP contribution in [0.1, 0.15) is 52.9 Å². The summed E-state index contributed by atoms with van der Waals surface area (Å²) in [5.74, 6) is 0.417. The van der Waals surface area contributed by atoms with E-state index in [4.69, 9.17) is 9.47 Å². The second-order valence-corrected chi connectivity index (χ2v) is 9.22. The first kappa shape index (κ1) is 22.6. The number of carbonyl (C=O) groups is 2. The molecular weight excluding hydrogens is 430 g/mol. The molecule has 0 aromatic heterocycles. The fourth-order valence-electron chi connectivity index (χ4n) is 5.00. The molecule has 2 amide bonds. The van der Waals surface area contributed by atoms with Gasteiger partial charge >= 0.3 is 0 Å². The normalized spacial score (nSPS) is 21.9. The zero-order valence-electron chi connectivity index (χ0n) is 19.6. The molecule has 0 aliphatic carbocycles. The highest BCUT2D eigenvalue weighted by atomic mass is 16.5. The number of benzene rings is 2. The fraction of sp³-hybridized carbons (Fsp3) is 0.407.